The standard InChI is InChI=1S/C19H29BrN2O3/c1-13(21-17-8-6-7-16(20)14(17)2)11-15-12-24-10-9-22(15)18(23)25-19(3,4)5/h6-8,13,15,21H,9-12H2,1-5H3. The molecule has 0 aliphatic carbocycles. The van der Waals surface area contributed by atoms with Gasteiger partial charge in [-0.05, 0) is 58.7 Å². The zero-order valence-electron chi connectivity index (χ0n) is 15.8. The quantitative estimate of drug-likeness (QED) is 0.785. The minimum Gasteiger partial charge on any atom is -0.444 e. The Morgan fingerprint density at radius 1 is 1.48 bits per heavy atom. The van der Waals surface area contributed by atoms with Gasteiger partial charge in [-0.2, -0.15) is 0 Å². The van der Waals surface area contributed by atoms with Gasteiger partial charge in [-0.15, -0.1) is 0 Å². The van der Waals surface area contributed by atoms with Crippen molar-refractivity contribution in [3.63, 3.8) is 0 Å². The summed E-state index contributed by atoms with van der Waals surface area (Å²) in [4.78, 5) is 14.3. The number of carbonyl (C=O) groups is 1. The van der Waals surface area contributed by atoms with E-state index in [0.29, 0.717) is 19.8 Å². The number of rotatable bonds is 4. The van der Waals surface area contributed by atoms with Crippen LogP contribution < -0.4 is 5.32 Å². The third-order valence-corrected chi connectivity index (χ3v) is 5.01. The van der Waals surface area contributed by atoms with E-state index in [4.69, 9.17) is 9.47 Å². The summed E-state index contributed by atoms with van der Waals surface area (Å²) in [6, 6.07) is 6.33. The molecule has 25 heavy (non-hydrogen) atoms. The summed E-state index contributed by atoms with van der Waals surface area (Å²) < 4.78 is 12.2. The number of halogens is 1. The maximum absolute atomic E-state index is 12.5. The first-order chi connectivity index (χ1) is 11.7. The summed E-state index contributed by atoms with van der Waals surface area (Å²) in [6.07, 6.45) is 0.539. The first-order valence-corrected chi connectivity index (χ1v) is 9.55. The van der Waals surface area contributed by atoms with Gasteiger partial charge in [0.2, 0.25) is 0 Å². The van der Waals surface area contributed by atoms with Gasteiger partial charge in [-0.1, -0.05) is 22.0 Å². The number of nitrogens with one attached hydrogen (secondary N) is 1. The third kappa shape index (κ3) is 5.89. The van der Waals surface area contributed by atoms with E-state index in [1.165, 1.54) is 5.56 Å². The van der Waals surface area contributed by atoms with Crippen molar-refractivity contribution in [1.29, 1.82) is 0 Å². The summed E-state index contributed by atoms with van der Waals surface area (Å²) in [5.41, 5.74) is 1.79. The molecule has 0 radical (unpaired) electrons. The van der Waals surface area contributed by atoms with E-state index in [0.717, 1.165) is 16.6 Å². The minimum absolute atomic E-state index is 0.0126. The molecular weight excluding hydrogens is 384 g/mol. The Labute approximate surface area is 159 Å². The van der Waals surface area contributed by atoms with Crippen LogP contribution in [0.25, 0.3) is 0 Å². The lowest BCUT2D eigenvalue weighted by Crippen LogP contribution is -2.51. The number of hydrogen-bond donors (Lipinski definition) is 1. The molecule has 1 aliphatic heterocycles. The Morgan fingerprint density at radius 3 is 2.88 bits per heavy atom. The van der Waals surface area contributed by atoms with Gasteiger partial charge < -0.3 is 19.7 Å². The van der Waals surface area contributed by atoms with Crippen LogP contribution in [0.1, 0.15) is 39.7 Å². The molecule has 1 heterocycles. The average Bonchev–Trinajstić information content (AvgIpc) is 2.50. The molecule has 1 amide bonds. The summed E-state index contributed by atoms with van der Waals surface area (Å²) in [5, 5.41) is 3.54. The Balaban J connectivity index is 2.00. The van der Waals surface area contributed by atoms with Crippen molar-refractivity contribution in [3.8, 4) is 0 Å². The first-order valence-electron chi connectivity index (χ1n) is 8.76. The number of carbonyl (C=O) groups excluding carboxylic acids is 1. The molecule has 2 unspecified atom stereocenters. The van der Waals surface area contributed by atoms with Crippen LogP contribution in [0.2, 0.25) is 0 Å². The summed E-state index contributed by atoms with van der Waals surface area (Å²) in [5.74, 6) is 0. The number of benzene rings is 1. The van der Waals surface area contributed by atoms with E-state index in [9.17, 15) is 4.79 Å². The molecule has 1 saturated heterocycles. The maximum atomic E-state index is 12.5. The molecule has 1 aromatic carbocycles. The SMILES string of the molecule is Cc1c(Br)cccc1NC(C)CC1COCCN1C(=O)OC(C)(C)C. The van der Waals surface area contributed by atoms with Gasteiger partial charge in [-0.25, -0.2) is 4.79 Å². The van der Waals surface area contributed by atoms with E-state index in [1.54, 1.807) is 4.90 Å². The molecule has 1 fully saturated rings. The molecule has 0 spiro atoms. The smallest absolute Gasteiger partial charge is 0.410 e. The Kier molecular flexibility index (Phi) is 6.74. The van der Waals surface area contributed by atoms with E-state index >= 15 is 0 Å². The molecule has 140 valence electrons. The zero-order chi connectivity index (χ0) is 18.6. The van der Waals surface area contributed by atoms with Gasteiger partial charge in [-0.3, -0.25) is 0 Å². The Morgan fingerprint density at radius 2 is 2.20 bits per heavy atom. The first kappa shape index (κ1) is 20.0. The number of amides is 1. The molecule has 5 nitrogen and oxygen atoms in total. The summed E-state index contributed by atoms with van der Waals surface area (Å²) in [7, 11) is 0. The zero-order valence-corrected chi connectivity index (χ0v) is 17.4. The van der Waals surface area contributed by atoms with Gasteiger partial charge in [0.05, 0.1) is 19.3 Å². The topological polar surface area (TPSA) is 50.8 Å². The number of hydrogen-bond acceptors (Lipinski definition) is 4. The van der Waals surface area contributed by atoms with Gasteiger partial charge in [0.1, 0.15) is 5.60 Å². The van der Waals surface area contributed by atoms with Crippen LogP contribution >= 0.6 is 15.9 Å². The monoisotopic (exact) mass is 412 g/mol. The molecule has 2 atom stereocenters. The van der Waals surface area contributed by atoms with Crippen molar-refractivity contribution in [2.24, 2.45) is 0 Å². The van der Waals surface area contributed by atoms with Crippen molar-refractivity contribution >= 4 is 27.7 Å². The summed E-state index contributed by atoms with van der Waals surface area (Å²) >= 11 is 3.56. The molecular formula is C19H29BrN2O3. The van der Waals surface area contributed by atoms with Crippen molar-refractivity contribution in [2.45, 2.75) is 58.7 Å². The van der Waals surface area contributed by atoms with Crippen LogP contribution in [0.4, 0.5) is 10.5 Å². The lowest BCUT2D eigenvalue weighted by atomic mass is 10.1. The van der Waals surface area contributed by atoms with E-state index in [1.807, 2.05) is 32.9 Å². The summed E-state index contributed by atoms with van der Waals surface area (Å²) in [6.45, 7) is 11.5. The largest absolute Gasteiger partial charge is 0.444 e. The molecule has 1 aliphatic rings. The van der Waals surface area contributed by atoms with E-state index in [2.05, 4.69) is 41.2 Å². The number of nitrogens with zero attached hydrogens (tertiary/aromatic N) is 1. The second-order valence-corrected chi connectivity index (χ2v) is 8.45. The lowest BCUT2D eigenvalue weighted by molar-refractivity contribution is -0.0345. The number of ether oxygens (including phenoxy) is 2. The highest BCUT2D eigenvalue weighted by Crippen LogP contribution is 2.25. The minimum atomic E-state index is -0.489. The second-order valence-electron chi connectivity index (χ2n) is 7.60. The fraction of sp³-hybridized carbons (Fsp3) is 0.632. The number of morpholine rings is 1. The highest BCUT2D eigenvalue weighted by Gasteiger charge is 2.31. The molecule has 1 aromatic rings. The molecule has 0 aromatic heterocycles. The van der Waals surface area contributed by atoms with Crippen LogP contribution in [0.15, 0.2) is 22.7 Å². The van der Waals surface area contributed by atoms with Crippen molar-refractivity contribution in [2.75, 3.05) is 25.1 Å². The molecule has 6 heteroatoms. The number of anilines is 1. The fourth-order valence-corrected chi connectivity index (χ4v) is 3.27. The van der Waals surface area contributed by atoms with Crippen LogP contribution in [0.3, 0.4) is 0 Å². The van der Waals surface area contributed by atoms with Crippen molar-refractivity contribution in [1.82, 2.24) is 4.90 Å². The van der Waals surface area contributed by atoms with Gasteiger partial charge in [0.15, 0.2) is 0 Å². The lowest BCUT2D eigenvalue weighted by Gasteiger charge is -2.38. The van der Waals surface area contributed by atoms with E-state index in [-0.39, 0.29) is 18.2 Å². The molecule has 0 bridgehead atoms. The fourth-order valence-electron chi connectivity index (χ4n) is 2.91. The Hall–Kier alpha value is -1.27. The van der Waals surface area contributed by atoms with Crippen molar-refractivity contribution in [3.05, 3.63) is 28.2 Å². The van der Waals surface area contributed by atoms with Crippen molar-refractivity contribution < 1.29 is 14.3 Å². The molecule has 0 saturated carbocycles. The maximum Gasteiger partial charge on any atom is 0.410 e. The predicted molar refractivity (Wildman–Crippen MR) is 104 cm³/mol. The average molecular weight is 413 g/mol. The predicted octanol–water partition coefficient (Wildman–Crippen LogP) is 4.58. The van der Waals surface area contributed by atoms with Crippen LogP contribution in [0, 0.1) is 6.92 Å². The van der Waals surface area contributed by atoms with Gasteiger partial charge in [0, 0.05) is 22.7 Å². The van der Waals surface area contributed by atoms with Crippen LogP contribution in [0.5, 0.6) is 0 Å². The molecule has 2 rings (SSSR count). The van der Waals surface area contributed by atoms with Crippen LogP contribution in [-0.2, 0) is 9.47 Å². The highest BCUT2D eigenvalue weighted by atomic mass is 79.9. The van der Waals surface area contributed by atoms with Gasteiger partial charge >= 0.3 is 6.09 Å². The van der Waals surface area contributed by atoms with Gasteiger partial charge in [0.25, 0.3) is 0 Å². The van der Waals surface area contributed by atoms with Crippen LogP contribution in [-0.4, -0.2) is 48.4 Å². The van der Waals surface area contributed by atoms with E-state index < -0.39 is 5.60 Å². The Bertz CT molecular complexity index is 601. The third-order valence-electron chi connectivity index (χ3n) is 4.15. The second kappa shape index (κ2) is 8.41. The molecule has 1 N–H and O–H groups in total. The normalized spacial score (nSPS) is 19.4. The highest BCUT2D eigenvalue weighted by molar-refractivity contribution is 9.10.